The van der Waals surface area contributed by atoms with Gasteiger partial charge in [-0.1, -0.05) is 31.1 Å². The van der Waals surface area contributed by atoms with Crippen molar-refractivity contribution in [2.24, 2.45) is 5.92 Å². The molecular weight excluding hydrogens is 588 g/mol. The average molecular weight is 633 g/mol. The van der Waals surface area contributed by atoms with Crippen LogP contribution in [0, 0.1) is 5.92 Å². The van der Waals surface area contributed by atoms with Crippen molar-refractivity contribution in [3.8, 4) is 0 Å². The highest BCUT2D eigenvalue weighted by molar-refractivity contribution is 7.88. The molecule has 4 rings (SSSR count). The topological polar surface area (TPSA) is 176 Å². The predicted octanol–water partition coefficient (Wildman–Crippen LogP) is 1.85. The molecule has 1 aromatic rings. The normalized spacial score (nSPS) is 26.3. The Kier molecular flexibility index (Phi) is 10.7. The van der Waals surface area contributed by atoms with Gasteiger partial charge < -0.3 is 20.3 Å². The number of carbonyl (C=O) groups excluding carboxylic acids is 4. The molecule has 2 fully saturated rings. The molecule has 3 heterocycles. The molecule has 3 aliphatic rings. The summed E-state index contributed by atoms with van der Waals surface area (Å²) in [7, 11) is -4.22. The molecular formula is C30H44N6O7S. The Balaban J connectivity index is 1.47. The maximum absolute atomic E-state index is 13.7. The molecule has 13 nitrogen and oxygen atoms in total. The van der Waals surface area contributed by atoms with E-state index >= 15 is 0 Å². The zero-order valence-corrected chi connectivity index (χ0v) is 26.5. The van der Waals surface area contributed by atoms with Crippen molar-refractivity contribution >= 4 is 34.0 Å². The van der Waals surface area contributed by atoms with E-state index in [0.717, 1.165) is 12.8 Å². The van der Waals surface area contributed by atoms with Gasteiger partial charge in [-0.2, -0.15) is 13.1 Å². The minimum atomic E-state index is -4.22. The van der Waals surface area contributed by atoms with E-state index < -0.39 is 57.3 Å². The van der Waals surface area contributed by atoms with Crippen molar-refractivity contribution in [1.82, 2.24) is 30.0 Å². The Morgan fingerprint density at radius 1 is 1.14 bits per heavy atom. The fraction of sp³-hybridized carbons (Fsp3) is 0.633. The van der Waals surface area contributed by atoms with E-state index in [2.05, 4.69) is 25.1 Å². The predicted molar refractivity (Wildman–Crippen MR) is 162 cm³/mol. The highest BCUT2D eigenvalue weighted by Gasteiger charge is 2.61. The Morgan fingerprint density at radius 2 is 1.93 bits per heavy atom. The number of fused-ring (bicyclic) bond motifs is 2. The first kappa shape index (κ1) is 33.4. The van der Waals surface area contributed by atoms with Gasteiger partial charge in [0.05, 0.1) is 0 Å². The number of ether oxygens (including phenoxy) is 1. The van der Waals surface area contributed by atoms with Crippen molar-refractivity contribution < 1.29 is 32.3 Å². The molecule has 0 bridgehead atoms. The van der Waals surface area contributed by atoms with Crippen molar-refractivity contribution in [3.05, 3.63) is 42.2 Å². The number of alkyl carbamates (subject to hydrolysis) is 1. The molecule has 1 aromatic heterocycles. The second kappa shape index (κ2) is 14.1. The number of nitrogens with one attached hydrogen (secondary N) is 4. The number of nitrogens with zero attached hydrogens (tertiary/aromatic N) is 2. The third-order valence-corrected chi connectivity index (χ3v) is 8.99. The van der Waals surface area contributed by atoms with Crippen molar-refractivity contribution in [2.75, 3.05) is 13.1 Å². The van der Waals surface area contributed by atoms with E-state index in [0.29, 0.717) is 50.8 Å². The standard InChI is InChI=1S/C30H44N6O7S/c1-29(2,3)43-28(40)33-23-14-8-6-4-5-7-12-21-20-30(21,34-25(37)24-15-11-19-36(24)26(23)38)27(39)35-44(41,42)32-18-16-22-13-9-10-17-31-22/h7,9-10,12-13,17,21,23-24,32H,4-6,8,11,14-16,18-20H2,1-3H3,(H,33,40)(H,34,37)(H,35,39)/t21-,23+,24+,30-/m1/s1. The van der Waals surface area contributed by atoms with Crippen LogP contribution in [-0.2, 0) is 35.8 Å². The van der Waals surface area contributed by atoms with Crippen LogP contribution in [0.3, 0.4) is 0 Å². The molecule has 0 aromatic carbocycles. The zero-order valence-electron chi connectivity index (χ0n) is 25.6. The summed E-state index contributed by atoms with van der Waals surface area (Å²) in [5.41, 5.74) is -1.51. The third kappa shape index (κ3) is 9.00. The number of aromatic nitrogens is 1. The monoisotopic (exact) mass is 632 g/mol. The van der Waals surface area contributed by atoms with E-state index in [1.165, 1.54) is 4.90 Å². The maximum Gasteiger partial charge on any atom is 0.408 e. The molecule has 1 saturated carbocycles. The van der Waals surface area contributed by atoms with Crippen LogP contribution >= 0.6 is 0 Å². The lowest BCUT2D eigenvalue weighted by atomic mass is 10.0. The average Bonchev–Trinajstić information content (AvgIpc) is 3.40. The SMILES string of the molecule is CC(C)(C)OC(=O)N[C@H]1CCCCCC=C[C@@H]2C[C@@]2(C(=O)NS(=O)(=O)NCCc2ccccn2)NC(=O)[C@@H]2CCCN2C1=O. The van der Waals surface area contributed by atoms with Gasteiger partial charge in [0.25, 0.3) is 5.91 Å². The fourth-order valence-electron chi connectivity index (χ4n) is 5.65. The first-order valence-electron chi connectivity index (χ1n) is 15.3. The molecule has 44 heavy (non-hydrogen) atoms. The lowest BCUT2D eigenvalue weighted by Gasteiger charge is -2.30. The summed E-state index contributed by atoms with van der Waals surface area (Å²) in [4.78, 5) is 59.0. The largest absolute Gasteiger partial charge is 0.444 e. The number of hydrogen-bond donors (Lipinski definition) is 4. The number of allylic oxidation sites excluding steroid dienone is 1. The Labute approximate surface area is 259 Å². The number of rotatable bonds is 7. The highest BCUT2D eigenvalue weighted by Crippen LogP contribution is 2.45. The summed E-state index contributed by atoms with van der Waals surface area (Å²) in [5.74, 6) is -2.15. The van der Waals surface area contributed by atoms with Crippen LogP contribution in [0.1, 0.15) is 77.8 Å². The van der Waals surface area contributed by atoms with Gasteiger partial charge in [-0.3, -0.25) is 19.4 Å². The van der Waals surface area contributed by atoms with E-state index in [4.69, 9.17) is 4.74 Å². The van der Waals surface area contributed by atoms with Crippen LogP contribution in [0.4, 0.5) is 4.79 Å². The van der Waals surface area contributed by atoms with Crippen LogP contribution in [0.25, 0.3) is 0 Å². The fourth-order valence-corrected chi connectivity index (χ4v) is 6.52. The van der Waals surface area contributed by atoms with Gasteiger partial charge in [-0.15, -0.1) is 0 Å². The first-order chi connectivity index (χ1) is 20.8. The van der Waals surface area contributed by atoms with Gasteiger partial charge in [-0.05, 0) is 71.4 Å². The molecule has 242 valence electrons. The van der Waals surface area contributed by atoms with Crippen molar-refractivity contribution in [1.29, 1.82) is 0 Å². The minimum Gasteiger partial charge on any atom is -0.444 e. The molecule has 4 atom stereocenters. The lowest BCUT2D eigenvalue weighted by Crippen LogP contribution is -2.59. The van der Waals surface area contributed by atoms with E-state index in [-0.39, 0.29) is 18.9 Å². The van der Waals surface area contributed by atoms with Crippen LogP contribution in [0.15, 0.2) is 36.5 Å². The van der Waals surface area contributed by atoms with Crippen LogP contribution in [0.2, 0.25) is 0 Å². The summed E-state index contributed by atoms with van der Waals surface area (Å²) in [6, 6.07) is 3.60. The van der Waals surface area contributed by atoms with Crippen molar-refractivity contribution in [2.45, 2.75) is 102 Å². The Hall–Kier alpha value is -3.52. The number of pyridine rings is 1. The summed E-state index contributed by atoms with van der Waals surface area (Å²) in [5, 5.41) is 5.51. The van der Waals surface area contributed by atoms with Gasteiger partial charge in [0, 0.05) is 37.3 Å². The molecule has 0 unspecified atom stereocenters. The van der Waals surface area contributed by atoms with Crippen LogP contribution < -0.4 is 20.1 Å². The van der Waals surface area contributed by atoms with Crippen molar-refractivity contribution in [3.63, 3.8) is 0 Å². The van der Waals surface area contributed by atoms with Gasteiger partial charge in [-0.25, -0.2) is 9.52 Å². The second-order valence-corrected chi connectivity index (χ2v) is 14.1. The van der Waals surface area contributed by atoms with E-state index in [1.807, 2.05) is 12.2 Å². The van der Waals surface area contributed by atoms with Crippen LogP contribution in [-0.4, -0.2) is 78.4 Å². The summed E-state index contributed by atoms with van der Waals surface area (Å²) >= 11 is 0. The van der Waals surface area contributed by atoms with Gasteiger partial charge in [0.2, 0.25) is 11.8 Å². The van der Waals surface area contributed by atoms with Gasteiger partial charge in [0.1, 0.15) is 23.2 Å². The lowest BCUT2D eigenvalue weighted by molar-refractivity contribution is -0.141. The first-order valence-corrected chi connectivity index (χ1v) is 16.8. The Bertz CT molecular complexity index is 1350. The van der Waals surface area contributed by atoms with Crippen LogP contribution in [0.5, 0.6) is 0 Å². The van der Waals surface area contributed by atoms with E-state index in [9.17, 15) is 27.6 Å². The zero-order chi connectivity index (χ0) is 32.0. The van der Waals surface area contributed by atoms with Gasteiger partial charge >= 0.3 is 16.3 Å². The second-order valence-electron chi connectivity index (χ2n) is 12.6. The molecule has 1 aliphatic carbocycles. The maximum atomic E-state index is 13.7. The highest BCUT2D eigenvalue weighted by atomic mass is 32.2. The summed E-state index contributed by atoms with van der Waals surface area (Å²) in [6.07, 6.45) is 9.63. The molecule has 0 radical (unpaired) electrons. The smallest absolute Gasteiger partial charge is 0.408 e. The summed E-state index contributed by atoms with van der Waals surface area (Å²) < 4.78 is 35.4. The molecule has 2 aliphatic heterocycles. The number of hydrogen-bond acceptors (Lipinski definition) is 8. The molecule has 0 spiro atoms. The number of carbonyl (C=O) groups is 4. The van der Waals surface area contributed by atoms with E-state index in [1.54, 1.807) is 45.2 Å². The van der Waals surface area contributed by atoms with Gasteiger partial charge in [0.15, 0.2) is 0 Å². The third-order valence-electron chi connectivity index (χ3n) is 7.95. The quantitative estimate of drug-likeness (QED) is 0.329. The molecule has 14 heteroatoms. The molecule has 4 amide bonds. The molecule has 4 N–H and O–H groups in total. The minimum absolute atomic E-state index is 0.0277. The summed E-state index contributed by atoms with van der Waals surface area (Å²) in [6.45, 7) is 5.56. The number of amides is 4. The Morgan fingerprint density at radius 3 is 2.66 bits per heavy atom. The molecule has 1 saturated heterocycles.